The molecule has 0 amide bonds. The molecular weight excluding hydrogens is 1740 g/mol. The Labute approximate surface area is 745 Å². The van der Waals surface area contributed by atoms with Crippen LogP contribution in [0.15, 0.2) is 385 Å². The summed E-state index contributed by atoms with van der Waals surface area (Å²) in [6.07, 6.45) is 1.06. The van der Waals surface area contributed by atoms with Crippen LogP contribution in [0.25, 0.3) is 146 Å². The summed E-state index contributed by atoms with van der Waals surface area (Å²) in [4.78, 5) is 20.8. The van der Waals surface area contributed by atoms with Gasteiger partial charge >= 0.3 is 7.12 Å². The summed E-state index contributed by atoms with van der Waals surface area (Å²) < 4.78 is 24.6. The highest BCUT2D eigenvalue weighted by Crippen LogP contribution is 2.48. The van der Waals surface area contributed by atoms with Gasteiger partial charge in [-0.1, -0.05) is 307 Å². The standard InChI is InChI=1S/C23H14S.C22H21BO2S.C22H13NO2S.C18H15P.C16H9BrS.C6H4BrNO2/c1-4-8-18-14(5-1)9-10-21-23(18)20-12-16-11-15-6-2-3-7-17(15)19(16)13-22(20)24-21;1-21(2)22(3,4)25-23(24-21)15-10-11-17-19(13-15)26-18-12-9-14-7-5-6-8-16(14)20(17)18;24-23(25)19-8-4-3-6-16(19)15-9-11-18-21(13-15)26-20-12-10-14-5-1-2-7-17(14)22(18)20;1-4-10-16(11-5-1)19(17-12-6-2-7-13-17)18-14-8-3-9-15-18;17-11-6-7-13-15(9-11)18-14-8-5-10-3-1-2-4-12(10)16(13)14;7-5-3-1-2-4-6(5)8(9)10/h1-10,12-13H,11H2;5-13H,1-4H3;1-13H;1-15H;1-9H;1-4H. The molecule has 0 N–H and O–H groups in total. The largest absolute Gasteiger partial charge is 0.494 e. The molecule has 596 valence electrons. The number of thiophene rings is 4. The van der Waals surface area contributed by atoms with Gasteiger partial charge in [-0.25, -0.2) is 0 Å². The highest BCUT2D eigenvalue weighted by atomic mass is 79.9. The lowest BCUT2D eigenvalue weighted by atomic mass is 9.79. The van der Waals surface area contributed by atoms with Crippen LogP contribution < -0.4 is 21.4 Å². The summed E-state index contributed by atoms with van der Waals surface area (Å²) in [5, 5.41) is 46.9. The zero-order valence-electron chi connectivity index (χ0n) is 67.3. The van der Waals surface area contributed by atoms with Crippen molar-refractivity contribution in [3.63, 3.8) is 0 Å². The fourth-order valence-corrected chi connectivity index (χ4v) is 24.6. The molecule has 5 heterocycles. The number of nitrogens with zero attached hydrogens (tertiary/aromatic N) is 2. The Hall–Kier alpha value is -11.9. The normalized spacial score (nSPS) is 13.0. The van der Waals surface area contributed by atoms with Crippen molar-refractivity contribution in [2.45, 2.75) is 45.3 Å². The van der Waals surface area contributed by atoms with E-state index in [0.717, 1.165) is 26.6 Å². The Bertz CT molecular complexity index is 7720. The monoisotopic (exact) mass is 1810 g/mol. The summed E-state index contributed by atoms with van der Waals surface area (Å²) in [6.45, 7) is 8.38. The van der Waals surface area contributed by atoms with Crippen LogP contribution in [0.3, 0.4) is 0 Å². The van der Waals surface area contributed by atoms with Gasteiger partial charge < -0.3 is 9.31 Å². The molecular formula is C107H76BBr2N2O6PS4. The van der Waals surface area contributed by atoms with Crippen molar-refractivity contribution in [3.8, 4) is 22.3 Å². The minimum Gasteiger partial charge on any atom is -0.399 e. The maximum absolute atomic E-state index is 11.4. The predicted molar refractivity (Wildman–Crippen MR) is 537 cm³/mol. The quantitative estimate of drug-likeness (QED) is 0.0681. The van der Waals surface area contributed by atoms with E-state index in [1.807, 2.05) is 52.2 Å². The van der Waals surface area contributed by atoms with Gasteiger partial charge in [0.05, 0.1) is 31.1 Å². The average Bonchev–Trinajstić information content (AvgIpc) is 1.59. The van der Waals surface area contributed by atoms with Gasteiger partial charge in [-0.2, -0.15) is 0 Å². The molecule has 2 aliphatic rings. The molecule has 24 rings (SSSR count). The number of para-hydroxylation sites is 2. The summed E-state index contributed by atoms with van der Waals surface area (Å²) in [5.74, 6) is 0. The van der Waals surface area contributed by atoms with Gasteiger partial charge in [0, 0.05) is 97.3 Å². The lowest BCUT2D eigenvalue weighted by Gasteiger charge is -2.32. The minimum atomic E-state index is -0.446. The first-order valence-electron chi connectivity index (χ1n) is 40.5. The Morgan fingerprint density at radius 2 is 0.691 bits per heavy atom. The molecule has 0 atom stereocenters. The van der Waals surface area contributed by atoms with Crippen molar-refractivity contribution < 1.29 is 19.2 Å². The van der Waals surface area contributed by atoms with Gasteiger partial charge in [-0.15, -0.1) is 45.3 Å². The van der Waals surface area contributed by atoms with Gasteiger partial charge in [0.1, 0.15) is 0 Å². The number of nitro benzene ring substituents is 2. The molecule has 8 nitrogen and oxygen atoms in total. The molecule has 0 unspecified atom stereocenters. The smallest absolute Gasteiger partial charge is 0.399 e. The SMILES string of the molecule is Brc1ccc2c(c1)sc1ccc3ccccc3c12.CC1(C)OB(c2ccc3c(c2)sc2ccc4ccccc4c23)OC1(C)C.O=[N+]([O-])c1ccccc1-c1ccc2c(c1)sc1ccc3ccccc3c12.O=[N+]([O-])c1ccccc1Br.c1ccc(P(c2ccccc2)c2ccccc2)cc1.c1ccc2c(c1)Cc1cc3c(cc1-2)sc1ccc2ccccc2c13. The third kappa shape index (κ3) is 16.0. The Balaban J connectivity index is 0.0000000988. The fourth-order valence-electron chi connectivity index (χ4n) is 16.8. The van der Waals surface area contributed by atoms with Crippen LogP contribution >= 0.6 is 85.1 Å². The topological polar surface area (TPSA) is 105 Å². The van der Waals surface area contributed by atoms with E-state index in [-0.39, 0.29) is 34.6 Å². The molecule has 1 saturated heterocycles. The molecule has 0 spiro atoms. The number of halogens is 2. The van der Waals surface area contributed by atoms with E-state index in [4.69, 9.17) is 9.31 Å². The number of hydrogen-bond donors (Lipinski definition) is 0. The number of hydrogen-bond acceptors (Lipinski definition) is 10. The van der Waals surface area contributed by atoms with Crippen molar-refractivity contribution in [3.05, 3.63) is 416 Å². The minimum absolute atomic E-state index is 0.0995. The number of fused-ring (bicyclic) bond motifs is 23. The third-order valence-electron chi connectivity index (χ3n) is 23.4. The van der Waals surface area contributed by atoms with Gasteiger partial charge in [0.15, 0.2) is 0 Å². The maximum Gasteiger partial charge on any atom is 0.494 e. The molecule has 123 heavy (non-hydrogen) atoms. The van der Waals surface area contributed by atoms with E-state index in [0.29, 0.717) is 10.0 Å². The highest BCUT2D eigenvalue weighted by molar-refractivity contribution is 9.10. The van der Waals surface area contributed by atoms with Crippen LogP contribution in [0.5, 0.6) is 0 Å². The number of rotatable bonds is 7. The summed E-state index contributed by atoms with van der Waals surface area (Å²) in [5.41, 5.74) is 7.99. The number of benzene rings is 18. The second-order valence-corrected chi connectivity index (χ2v) is 39.7. The third-order valence-corrected chi connectivity index (χ3v) is 31.5. The van der Waals surface area contributed by atoms with E-state index in [1.165, 1.54) is 163 Å². The van der Waals surface area contributed by atoms with Gasteiger partial charge in [0.2, 0.25) is 0 Å². The zero-order chi connectivity index (χ0) is 84.0. The Kier molecular flexibility index (Phi) is 22.6. The predicted octanol–water partition coefficient (Wildman–Crippen LogP) is 30.8. The average molecular weight is 1820 g/mol. The molecule has 1 aliphatic heterocycles. The molecule has 18 aromatic carbocycles. The molecule has 1 fully saturated rings. The van der Waals surface area contributed by atoms with E-state index in [1.54, 1.807) is 41.7 Å². The first-order chi connectivity index (χ1) is 59.9. The molecule has 0 saturated carbocycles. The molecule has 0 bridgehead atoms. The molecule has 0 radical (unpaired) electrons. The first-order valence-corrected chi connectivity index (χ1v) is 46.7. The first kappa shape index (κ1) is 80.8. The van der Waals surface area contributed by atoms with Crippen molar-refractivity contribution >= 4 is 249 Å². The second kappa shape index (κ2) is 34.4. The van der Waals surface area contributed by atoms with Crippen LogP contribution in [0.4, 0.5) is 11.4 Å². The maximum atomic E-state index is 11.4. The number of nitro groups is 2. The van der Waals surface area contributed by atoms with Crippen LogP contribution in [-0.2, 0) is 15.7 Å². The van der Waals surface area contributed by atoms with Crippen LogP contribution in [0.2, 0.25) is 0 Å². The van der Waals surface area contributed by atoms with Crippen LogP contribution in [0.1, 0.15) is 38.8 Å². The van der Waals surface area contributed by atoms with E-state index in [2.05, 4.69) is 381 Å². The molecule has 22 aromatic rings. The Morgan fingerprint density at radius 1 is 0.317 bits per heavy atom. The van der Waals surface area contributed by atoms with Gasteiger partial charge in [0.25, 0.3) is 11.4 Å². The lowest BCUT2D eigenvalue weighted by molar-refractivity contribution is -0.385. The van der Waals surface area contributed by atoms with Crippen molar-refractivity contribution in [1.29, 1.82) is 0 Å². The van der Waals surface area contributed by atoms with Crippen molar-refractivity contribution in [1.82, 2.24) is 0 Å². The second-order valence-electron chi connectivity index (χ2n) is 31.4. The van der Waals surface area contributed by atoms with E-state index in [9.17, 15) is 20.2 Å². The van der Waals surface area contributed by atoms with Gasteiger partial charge in [-0.3, -0.25) is 20.2 Å². The summed E-state index contributed by atoms with van der Waals surface area (Å²) in [7, 11) is -0.760. The van der Waals surface area contributed by atoms with Crippen LogP contribution in [0, 0.1) is 20.2 Å². The van der Waals surface area contributed by atoms with Crippen molar-refractivity contribution in [2.24, 2.45) is 0 Å². The van der Waals surface area contributed by atoms with E-state index < -0.39 is 12.8 Å². The Morgan fingerprint density at radius 3 is 1.15 bits per heavy atom. The molecule has 1 aliphatic carbocycles. The van der Waals surface area contributed by atoms with Gasteiger partial charge in [-0.05, 0) is 223 Å². The molecule has 16 heteroatoms. The van der Waals surface area contributed by atoms with E-state index >= 15 is 0 Å². The summed E-state index contributed by atoms with van der Waals surface area (Å²) >= 11 is 13.9. The lowest BCUT2D eigenvalue weighted by Crippen LogP contribution is -2.41. The molecule has 4 aromatic heterocycles. The summed E-state index contributed by atoms with van der Waals surface area (Å²) in [6, 6.07) is 131. The fraction of sp³-hybridized carbons (Fsp3) is 0.0654. The zero-order valence-corrected chi connectivity index (χ0v) is 74.6. The van der Waals surface area contributed by atoms with Crippen LogP contribution in [-0.4, -0.2) is 28.2 Å². The van der Waals surface area contributed by atoms with Crippen molar-refractivity contribution in [2.75, 3.05) is 0 Å². The highest BCUT2D eigenvalue weighted by Gasteiger charge is 2.52.